The number of hydrogen-bond acceptors (Lipinski definition) is 5. The number of rotatable bonds is 4. The molecule has 0 aliphatic carbocycles. The Morgan fingerprint density at radius 3 is 2.35 bits per heavy atom. The van der Waals surface area contributed by atoms with Crippen LogP contribution in [-0.2, 0) is 19.4 Å². The van der Waals surface area contributed by atoms with Crippen molar-refractivity contribution in [2.24, 2.45) is 0 Å². The molecule has 126 valence electrons. The summed E-state index contributed by atoms with van der Waals surface area (Å²) < 4.78 is 28.0. The number of amides is 1. The molecule has 0 saturated carbocycles. The summed E-state index contributed by atoms with van der Waals surface area (Å²) in [5.41, 5.74) is 2.29. The Morgan fingerprint density at radius 2 is 1.83 bits per heavy atom. The zero-order valence-corrected chi connectivity index (χ0v) is 14.4. The highest BCUT2D eigenvalue weighted by molar-refractivity contribution is 7.91. The molecule has 1 aromatic rings. The van der Waals surface area contributed by atoms with Crippen molar-refractivity contribution in [2.75, 3.05) is 25.2 Å². The molecular formula is C16H21NO5S. The molecule has 0 aromatic heterocycles. The second kappa shape index (κ2) is 6.70. The molecule has 6 nitrogen and oxygen atoms in total. The maximum atomic E-state index is 12.1. The minimum atomic E-state index is -3.06. The highest BCUT2D eigenvalue weighted by atomic mass is 32.2. The smallest absolute Gasteiger partial charge is 0.338 e. The molecular weight excluding hydrogens is 318 g/mol. The van der Waals surface area contributed by atoms with Gasteiger partial charge in [0.15, 0.2) is 16.4 Å². The largest absolute Gasteiger partial charge is 0.452 e. The molecule has 0 unspecified atom stereocenters. The van der Waals surface area contributed by atoms with E-state index < -0.39 is 28.3 Å². The Hall–Kier alpha value is -1.89. The second-order valence-corrected chi connectivity index (χ2v) is 8.24. The van der Waals surface area contributed by atoms with Gasteiger partial charge in [0.2, 0.25) is 0 Å². The van der Waals surface area contributed by atoms with Crippen LogP contribution in [0.4, 0.5) is 0 Å². The van der Waals surface area contributed by atoms with Crippen LogP contribution in [0.1, 0.15) is 27.9 Å². The van der Waals surface area contributed by atoms with Gasteiger partial charge in [-0.1, -0.05) is 17.2 Å². The molecule has 1 amide bonds. The van der Waals surface area contributed by atoms with Crippen molar-refractivity contribution >= 4 is 21.7 Å². The van der Waals surface area contributed by atoms with E-state index in [-0.39, 0.29) is 17.5 Å². The number of benzene rings is 1. The van der Waals surface area contributed by atoms with Crippen LogP contribution in [-0.4, -0.2) is 56.4 Å². The van der Waals surface area contributed by atoms with Crippen molar-refractivity contribution in [1.82, 2.24) is 4.90 Å². The summed E-state index contributed by atoms with van der Waals surface area (Å²) in [7, 11) is -1.52. The van der Waals surface area contributed by atoms with E-state index in [1.54, 1.807) is 19.2 Å². The van der Waals surface area contributed by atoms with Gasteiger partial charge in [-0.2, -0.15) is 0 Å². The Kier molecular flexibility index (Phi) is 5.09. The van der Waals surface area contributed by atoms with Gasteiger partial charge in [0.1, 0.15) is 0 Å². The molecule has 1 aliphatic rings. The van der Waals surface area contributed by atoms with Crippen LogP contribution in [0.2, 0.25) is 0 Å². The minimum absolute atomic E-state index is 0.0275. The van der Waals surface area contributed by atoms with Crippen LogP contribution in [0.25, 0.3) is 0 Å². The lowest BCUT2D eigenvalue weighted by atomic mass is 10.1. The highest BCUT2D eigenvalue weighted by Gasteiger charge is 2.32. The number of likely N-dealkylation sites (N-methyl/N-ethyl adjacent to an activating group) is 1. The Bertz CT molecular complexity index is 706. The van der Waals surface area contributed by atoms with Gasteiger partial charge in [-0.05, 0) is 32.4 Å². The first-order valence-electron chi connectivity index (χ1n) is 7.39. The fourth-order valence-corrected chi connectivity index (χ4v) is 4.46. The predicted molar refractivity (Wildman–Crippen MR) is 86.0 cm³/mol. The van der Waals surface area contributed by atoms with E-state index in [4.69, 9.17) is 4.74 Å². The normalized spacial score (nSPS) is 19.3. The molecule has 1 fully saturated rings. The first-order valence-corrected chi connectivity index (χ1v) is 9.21. The third-order valence-electron chi connectivity index (χ3n) is 3.93. The van der Waals surface area contributed by atoms with Gasteiger partial charge >= 0.3 is 5.97 Å². The maximum Gasteiger partial charge on any atom is 0.338 e. The number of aryl methyl sites for hydroxylation is 2. The van der Waals surface area contributed by atoms with E-state index >= 15 is 0 Å². The fraction of sp³-hybridized carbons (Fsp3) is 0.500. The Balaban J connectivity index is 1.92. The second-order valence-electron chi connectivity index (χ2n) is 6.01. The van der Waals surface area contributed by atoms with E-state index in [9.17, 15) is 18.0 Å². The monoisotopic (exact) mass is 339 g/mol. The summed E-state index contributed by atoms with van der Waals surface area (Å²) in [6, 6.07) is 5.00. The predicted octanol–water partition coefficient (Wildman–Crippen LogP) is 1.11. The van der Waals surface area contributed by atoms with Gasteiger partial charge in [0.05, 0.1) is 17.1 Å². The number of hydrogen-bond donors (Lipinski definition) is 0. The maximum absolute atomic E-state index is 12.1. The third kappa shape index (κ3) is 4.54. The van der Waals surface area contributed by atoms with Crippen molar-refractivity contribution < 1.29 is 22.7 Å². The van der Waals surface area contributed by atoms with Gasteiger partial charge in [-0.3, -0.25) is 4.79 Å². The van der Waals surface area contributed by atoms with Gasteiger partial charge in [-0.15, -0.1) is 0 Å². The van der Waals surface area contributed by atoms with Crippen molar-refractivity contribution in [3.63, 3.8) is 0 Å². The molecule has 0 N–H and O–H groups in total. The summed E-state index contributed by atoms with van der Waals surface area (Å²) in [6.07, 6.45) is 0.426. The molecule has 0 bridgehead atoms. The molecule has 1 aromatic carbocycles. The topological polar surface area (TPSA) is 80.8 Å². The lowest BCUT2D eigenvalue weighted by molar-refractivity contribution is -0.134. The van der Waals surface area contributed by atoms with Crippen molar-refractivity contribution in [1.29, 1.82) is 0 Å². The average Bonchev–Trinajstić information content (AvgIpc) is 2.82. The standard InChI is InChI=1S/C16H21NO5S/c1-11-6-12(2)8-13(7-11)16(19)22-9-15(18)17(3)14-4-5-23(20,21)10-14/h6-8,14H,4-5,9-10H2,1-3H3/t14-/m1/s1. The van der Waals surface area contributed by atoms with E-state index in [1.165, 1.54) is 4.90 Å². The molecule has 1 saturated heterocycles. The van der Waals surface area contributed by atoms with Crippen molar-refractivity contribution in [3.8, 4) is 0 Å². The van der Waals surface area contributed by atoms with Gasteiger partial charge in [0.25, 0.3) is 5.91 Å². The van der Waals surface area contributed by atoms with E-state index in [0.29, 0.717) is 12.0 Å². The van der Waals surface area contributed by atoms with Crippen LogP contribution in [0.3, 0.4) is 0 Å². The van der Waals surface area contributed by atoms with Gasteiger partial charge in [0, 0.05) is 13.1 Å². The number of sulfone groups is 1. The minimum Gasteiger partial charge on any atom is -0.452 e. The molecule has 1 aliphatic heterocycles. The fourth-order valence-electron chi connectivity index (χ4n) is 2.69. The third-order valence-corrected chi connectivity index (χ3v) is 5.68. The summed E-state index contributed by atoms with van der Waals surface area (Å²) in [6.45, 7) is 3.37. The zero-order valence-electron chi connectivity index (χ0n) is 13.5. The Labute approximate surface area is 136 Å². The molecule has 1 atom stereocenters. The highest BCUT2D eigenvalue weighted by Crippen LogP contribution is 2.17. The number of ether oxygens (including phenoxy) is 1. The van der Waals surface area contributed by atoms with E-state index in [0.717, 1.165) is 11.1 Å². The SMILES string of the molecule is Cc1cc(C)cc(C(=O)OCC(=O)N(C)[C@@H]2CCS(=O)(=O)C2)c1. The van der Waals surface area contributed by atoms with Crippen LogP contribution < -0.4 is 0 Å². The van der Waals surface area contributed by atoms with Crippen LogP contribution in [0.5, 0.6) is 0 Å². The number of carbonyl (C=O) groups is 2. The van der Waals surface area contributed by atoms with Crippen molar-refractivity contribution in [3.05, 3.63) is 34.9 Å². The summed E-state index contributed by atoms with van der Waals surface area (Å²) in [5.74, 6) is -0.889. The molecule has 23 heavy (non-hydrogen) atoms. The quantitative estimate of drug-likeness (QED) is 0.768. The molecule has 0 spiro atoms. The Morgan fingerprint density at radius 1 is 1.22 bits per heavy atom. The summed E-state index contributed by atoms with van der Waals surface area (Å²) >= 11 is 0. The zero-order chi connectivity index (χ0) is 17.2. The lowest BCUT2D eigenvalue weighted by Crippen LogP contribution is -2.40. The van der Waals surface area contributed by atoms with Crippen molar-refractivity contribution in [2.45, 2.75) is 26.3 Å². The van der Waals surface area contributed by atoms with Gasteiger partial charge in [-0.25, -0.2) is 13.2 Å². The number of nitrogens with zero attached hydrogens (tertiary/aromatic N) is 1. The summed E-state index contributed by atoms with van der Waals surface area (Å²) in [5, 5.41) is 0. The van der Waals surface area contributed by atoms with Crippen LogP contribution in [0.15, 0.2) is 18.2 Å². The molecule has 1 heterocycles. The molecule has 2 rings (SSSR count). The summed E-state index contributed by atoms with van der Waals surface area (Å²) in [4.78, 5) is 25.4. The van der Waals surface area contributed by atoms with Gasteiger partial charge < -0.3 is 9.64 Å². The van der Waals surface area contributed by atoms with Crippen LogP contribution in [0, 0.1) is 13.8 Å². The van der Waals surface area contributed by atoms with Crippen LogP contribution >= 0.6 is 0 Å². The number of carbonyl (C=O) groups excluding carboxylic acids is 2. The first-order chi connectivity index (χ1) is 10.7. The molecule has 7 heteroatoms. The first kappa shape index (κ1) is 17.5. The number of esters is 1. The lowest BCUT2D eigenvalue weighted by Gasteiger charge is -2.23. The average molecular weight is 339 g/mol. The molecule has 0 radical (unpaired) electrons. The van der Waals surface area contributed by atoms with E-state index in [2.05, 4.69) is 0 Å². The van der Waals surface area contributed by atoms with E-state index in [1.807, 2.05) is 19.9 Å².